The van der Waals surface area contributed by atoms with Crippen molar-refractivity contribution in [1.82, 2.24) is 0 Å². The Balaban J connectivity index is 1.20. The van der Waals surface area contributed by atoms with E-state index in [2.05, 4.69) is 11.7 Å². The molecular weight excluding hydrogens is 570 g/mol. The number of rotatable bonds is 10. The van der Waals surface area contributed by atoms with Crippen LogP contribution in [0.15, 0.2) is 54.6 Å². The zero-order valence-corrected chi connectivity index (χ0v) is 24.1. The highest BCUT2D eigenvalue weighted by molar-refractivity contribution is 5.66. The van der Waals surface area contributed by atoms with Crippen molar-refractivity contribution in [2.75, 3.05) is 13.5 Å². The fraction of sp³-hybridized carbons (Fsp3) is 0.471. The minimum atomic E-state index is -4.07. The maximum absolute atomic E-state index is 15.0. The lowest BCUT2D eigenvalue weighted by molar-refractivity contribution is -0.187. The third kappa shape index (κ3) is 7.31. The van der Waals surface area contributed by atoms with Gasteiger partial charge in [-0.2, -0.15) is 8.78 Å². The molecule has 1 aliphatic heterocycles. The van der Waals surface area contributed by atoms with Crippen molar-refractivity contribution in [2.24, 2.45) is 11.8 Å². The second kappa shape index (κ2) is 13.6. The van der Waals surface area contributed by atoms with E-state index in [-0.39, 0.29) is 28.9 Å². The van der Waals surface area contributed by atoms with Crippen LogP contribution in [0.4, 0.5) is 26.3 Å². The molecule has 0 N–H and O–H groups in total. The number of halogens is 6. The van der Waals surface area contributed by atoms with Gasteiger partial charge < -0.3 is 14.2 Å². The monoisotopic (exact) mass is 606 g/mol. The lowest BCUT2D eigenvalue weighted by Crippen LogP contribution is -2.34. The van der Waals surface area contributed by atoms with Gasteiger partial charge in [-0.3, -0.25) is 0 Å². The van der Waals surface area contributed by atoms with E-state index in [1.165, 1.54) is 31.4 Å². The highest BCUT2D eigenvalue weighted by Crippen LogP contribution is 2.42. The molecule has 1 saturated heterocycles. The van der Waals surface area contributed by atoms with Gasteiger partial charge in [0.2, 0.25) is 6.86 Å². The van der Waals surface area contributed by atoms with E-state index in [4.69, 9.17) is 9.47 Å². The predicted molar refractivity (Wildman–Crippen MR) is 151 cm³/mol. The molecule has 2 fully saturated rings. The minimum Gasteiger partial charge on any atom is -0.460 e. The van der Waals surface area contributed by atoms with E-state index in [9.17, 15) is 13.2 Å². The van der Waals surface area contributed by atoms with Gasteiger partial charge in [0.15, 0.2) is 11.6 Å². The molecule has 0 amide bonds. The van der Waals surface area contributed by atoms with Crippen LogP contribution in [0.3, 0.4) is 0 Å². The maximum Gasteiger partial charge on any atom is 0.429 e. The SMILES string of the molecule is CCCC1CCC(C2CCC(c3ccc(C(F)(F)Oc4ccc(-c5ccc(OCF)c(F)c5)c(F)c4)c(F)c3)CC2)OC1. The lowest BCUT2D eigenvalue weighted by Gasteiger charge is -2.38. The molecule has 0 spiro atoms. The molecule has 3 nitrogen and oxygen atoms in total. The average Bonchev–Trinajstić information content (AvgIpc) is 2.99. The van der Waals surface area contributed by atoms with E-state index < -0.39 is 41.7 Å². The van der Waals surface area contributed by atoms with Crippen LogP contribution in [-0.4, -0.2) is 19.6 Å². The van der Waals surface area contributed by atoms with E-state index in [1.807, 2.05) is 0 Å². The smallest absolute Gasteiger partial charge is 0.429 e. The van der Waals surface area contributed by atoms with Crippen molar-refractivity contribution in [3.8, 4) is 22.6 Å². The topological polar surface area (TPSA) is 27.7 Å². The summed E-state index contributed by atoms with van der Waals surface area (Å²) in [5, 5.41) is 0. The van der Waals surface area contributed by atoms with Crippen LogP contribution >= 0.6 is 0 Å². The molecular formula is C34H36F6O3. The predicted octanol–water partition coefficient (Wildman–Crippen LogP) is 10.1. The molecule has 1 saturated carbocycles. The van der Waals surface area contributed by atoms with Crippen molar-refractivity contribution in [3.05, 3.63) is 83.2 Å². The van der Waals surface area contributed by atoms with Gasteiger partial charge in [0.1, 0.15) is 17.4 Å². The summed E-state index contributed by atoms with van der Waals surface area (Å²) >= 11 is 0. The molecule has 1 aliphatic carbocycles. The molecule has 3 aromatic carbocycles. The number of alkyl halides is 3. The Bertz CT molecular complexity index is 1380. The molecule has 2 atom stereocenters. The van der Waals surface area contributed by atoms with Crippen LogP contribution in [0.1, 0.15) is 75.3 Å². The molecule has 0 aromatic heterocycles. The summed E-state index contributed by atoms with van der Waals surface area (Å²) in [6.07, 6.45) is 4.45. The van der Waals surface area contributed by atoms with E-state index >= 15 is 13.2 Å². The fourth-order valence-corrected chi connectivity index (χ4v) is 6.52. The van der Waals surface area contributed by atoms with Gasteiger partial charge in [-0.25, -0.2) is 17.6 Å². The zero-order chi connectivity index (χ0) is 30.6. The molecule has 2 aliphatic rings. The molecule has 43 heavy (non-hydrogen) atoms. The van der Waals surface area contributed by atoms with Gasteiger partial charge in [-0.05, 0) is 110 Å². The van der Waals surface area contributed by atoms with E-state index in [0.29, 0.717) is 17.4 Å². The molecule has 1 heterocycles. The summed E-state index contributed by atoms with van der Waals surface area (Å²) in [6.45, 7) is 1.79. The van der Waals surface area contributed by atoms with E-state index in [1.54, 1.807) is 0 Å². The third-order valence-electron chi connectivity index (χ3n) is 8.82. The normalized spacial score (nSPS) is 22.8. The van der Waals surface area contributed by atoms with Crippen LogP contribution < -0.4 is 9.47 Å². The van der Waals surface area contributed by atoms with Crippen molar-refractivity contribution < 1.29 is 40.6 Å². The van der Waals surface area contributed by atoms with Gasteiger partial charge in [-0.15, -0.1) is 0 Å². The second-order valence-corrected chi connectivity index (χ2v) is 11.6. The minimum absolute atomic E-state index is 0.0786. The summed E-state index contributed by atoms with van der Waals surface area (Å²) in [7, 11) is 0. The molecule has 0 radical (unpaired) electrons. The summed E-state index contributed by atoms with van der Waals surface area (Å²) in [6, 6.07) is 10.0. The van der Waals surface area contributed by atoms with Crippen molar-refractivity contribution in [1.29, 1.82) is 0 Å². The number of ether oxygens (including phenoxy) is 3. The van der Waals surface area contributed by atoms with Gasteiger partial charge in [0, 0.05) is 18.2 Å². The summed E-state index contributed by atoms with van der Waals surface area (Å²) < 4.78 is 102. The van der Waals surface area contributed by atoms with Crippen molar-refractivity contribution >= 4 is 0 Å². The van der Waals surface area contributed by atoms with Crippen LogP contribution in [0.25, 0.3) is 11.1 Å². The Labute approximate surface area is 248 Å². The first-order valence-electron chi connectivity index (χ1n) is 14.9. The van der Waals surface area contributed by atoms with Crippen molar-refractivity contribution in [2.45, 2.75) is 76.4 Å². The Hall–Kier alpha value is -3.20. The molecule has 0 bridgehead atoms. The number of benzene rings is 3. The Morgan fingerprint density at radius 2 is 1.63 bits per heavy atom. The first-order valence-corrected chi connectivity index (χ1v) is 14.9. The highest BCUT2D eigenvalue weighted by atomic mass is 19.3. The number of hydrogen-bond acceptors (Lipinski definition) is 3. The van der Waals surface area contributed by atoms with Gasteiger partial charge in [0.25, 0.3) is 0 Å². The van der Waals surface area contributed by atoms with Gasteiger partial charge in [0.05, 0.1) is 11.7 Å². The molecule has 5 rings (SSSR count). The van der Waals surface area contributed by atoms with Gasteiger partial charge in [-0.1, -0.05) is 25.5 Å². The van der Waals surface area contributed by atoms with Crippen LogP contribution in [0, 0.1) is 29.3 Å². The quantitative estimate of drug-likeness (QED) is 0.215. The Morgan fingerprint density at radius 3 is 2.26 bits per heavy atom. The highest BCUT2D eigenvalue weighted by Gasteiger charge is 2.39. The molecule has 232 valence electrons. The standard InChI is InChI=1S/C34H36F6O3/c1-2-3-21-4-14-32(41-19-21)23-7-5-22(6-8-23)24-9-13-28(30(37)16-24)34(39,40)43-26-11-12-27(29(36)18-26)25-10-15-33(42-20-35)31(38)17-25/h9-13,15-18,21-23,32H,2-8,14,19-20H2,1H3. The second-order valence-electron chi connectivity index (χ2n) is 11.6. The maximum atomic E-state index is 15.0. The lowest BCUT2D eigenvalue weighted by atomic mass is 9.75. The summed E-state index contributed by atoms with van der Waals surface area (Å²) in [5.41, 5.74) is -0.282. The molecule has 9 heteroatoms. The van der Waals surface area contributed by atoms with Gasteiger partial charge >= 0.3 is 6.11 Å². The third-order valence-corrected chi connectivity index (χ3v) is 8.82. The van der Waals surface area contributed by atoms with E-state index in [0.717, 1.165) is 81.2 Å². The Morgan fingerprint density at radius 1 is 0.837 bits per heavy atom. The fourth-order valence-electron chi connectivity index (χ4n) is 6.52. The summed E-state index contributed by atoms with van der Waals surface area (Å²) in [4.78, 5) is 0. The van der Waals surface area contributed by atoms with Crippen LogP contribution in [0.5, 0.6) is 11.5 Å². The average molecular weight is 607 g/mol. The summed E-state index contributed by atoms with van der Waals surface area (Å²) in [5.74, 6) is -2.64. The first kappa shape index (κ1) is 31.2. The largest absolute Gasteiger partial charge is 0.460 e. The van der Waals surface area contributed by atoms with Crippen LogP contribution in [-0.2, 0) is 10.8 Å². The molecule has 3 aromatic rings. The molecule has 2 unspecified atom stereocenters. The number of hydrogen-bond donors (Lipinski definition) is 0. The first-order chi connectivity index (χ1) is 20.7. The van der Waals surface area contributed by atoms with Crippen molar-refractivity contribution in [3.63, 3.8) is 0 Å². The van der Waals surface area contributed by atoms with Crippen LogP contribution in [0.2, 0.25) is 0 Å². The Kier molecular flexibility index (Phi) is 9.89. The zero-order valence-electron chi connectivity index (χ0n) is 24.1.